The highest BCUT2D eigenvalue weighted by atomic mass is 19.4. The summed E-state index contributed by atoms with van der Waals surface area (Å²) in [5.74, 6) is -1.58. The van der Waals surface area contributed by atoms with Gasteiger partial charge in [0.2, 0.25) is 0 Å². The van der Waals surface area contributed by atoms with Gasteiger partial charge in [-0.2, -0.15) is 13.2 Å². The summed E-state index contributed by atoms with van der Waals surface area (Å²) in [5.41, 5.74) is 1.69. The molecule has 1 aromatic carbocycles. The van der Waals surface area contributed by atoms with E-state index in [-0.39, 0.29) is 37.7 Å². The highest BCUT2D eigenvalue weighted by molar-refractivity contribution is 5.74. The van der Waals surface area contributed by atoms with Gasteiger partial charge in [0.15, 0.2) is 5.54 Å². The quantitative estimate of drug-likeness (QED) is 0.760. The minimum atomic E-state index is -4.29. The Morgan fingerprint density at radius 2 is 1.96 bits per heavy atom. The van der Waals surface area contributed by atoms with Crippen LogP contribution in [0.4, 0.5) is 26.3 Å². The van der Waals surface area contributed by atoms with E-state index in [1.54, 1.807) is 0 Å². The van der Waals surface area contributed by atoms with Crippen LogP contribution in [0.15, 0.2) is 23.2 Å². The summed E-state index contributed by atoms with van der Waals surface area (Å²) in [6.45, 7) is 0. The lowest BCUT2D eigenvalue weighted by Crippen LogP contribution is -2.43. The van der Waals surface area contributed by atoms with Crippen molar-refractivity contribution in [3.8, 4) is 0 Å². The fraction of sp³-hybridized carbons (Fsp3) is 0.611. The van der Waals surface area contributed by atoms with Crippen LogP contribution in [0.25, 0.3) is 0 Å². The van der Waals surface area contributed by atoms with Gasteiger partial charge in [-0.3, -0.25) is 0 Å². The maximum absolute atomic E-state index is 14.5. The second kappa shape index (κ2) is 5.78. The Morgan fingerprint density at radius 1 is 1.26 bits per heavy atom. The molecule has 27 heavy (non-hydrogen) atoms. The number of hydrogen-bond acceptors (Lipinski definition) is 3. The molecule has 2 saturated carbocycles. The number of aliphatic imine (C=N–C) groups is 1. The zero-order chi connectivity index (χ0) is 19.6. The van der Waals surface area contributed by atoms with Crippen molar-refractivity contribution in [2.24, 2.45) is 22.1 Å². The van der Waals surface area contributed by atoms with E-state index in [0.717, 1.165) is 6.07 Å². The monoisotopic (exact) mass is 392 g/mol. The largest absolute Gasteiger partial charge is 0.462 e. The van der Waals surface area contributed by atoms with E-state index in [9.17, 15) is 26.3 Å². The minimum absolute atomic E-state index is 0.0237. The second-order valence-corrected chi connectivity index (χ2v) is 7.67. The van der Waals surface area contributed by atoms with Gasteiger partial charge in [-0.25, -0.2) is 18.2 Å². The summed E-state index contributed by atoms with van der Waals surface area (Å²) < 4.78 is 87.0. The van der Waals surface area contributed by atoms with Crippen molar-refractivity contribution in [2.75, 3.05) is 0 Å². The molecule has 1 heterocycles. The maximum atomic E-state index is 14.5. The Bertz CT molecular complexity index is 789. The molecule has 4 rings (SSSR count). The first-order chi connectivity index (χ1) is 12.6. The number of rotatable bonds is 5. The third-order valence-electron chi connectivity index (χ3n) is 6.01. The number of ether oxygens (including phenoxy) is 1. The predicted molar refractivity (Wildman–Crippen MR) is 84.7 cm³/mol. The van der Waals surface area contributed by atoms with E-state index in [2.05, 4.69) is 4.99 Å². The Balaban J connectivity index is 1.66. The first kappa shape index (κ1) is 18.4. The Kier molecular flexibility index (Phi) is 3.95. The molecule has 3 aliphatic rings. The molecule has 0 spiro atoms. The highest BCUT2D eigenvalue weighted by Crippen LogP contribution is 2.60. The first-order valence-corrected chi connectivity index (χ1v) is 8.75. The van der Waals surface area contributed by atoms with E-state index >= 15 is 0 Å². The summed E-state index contributed by atoms with van der Waals surface area (Å²) in [4.78, 5) is 3.77. The molecular weight excluding hydrogens is 374 g/mol. The number of nitrogens with two attached hydrogens (primary N) is 1. The lowest BCUT2D eigenvalue weighted by Gasteiger charge is -2.33. The molecule has 0 bridgehead atoms. The van der Waals surface area contributed by atoms with Crippen molar-refractivity contribution in [2.45, 2.75) is 56.3 Å². The second-order valence-electron chi connectivity index (χ2n) is 7.67. The Morgan fingerprint density at radius 3 is 2.56 bits per heavy atom. The van der Waals surface area contributed by atoms with Crippen LogP contribution in [0.5, 0.6) is 0 Å². The van der Waals surface area contributed by atoms with Gasteiger partial charge in [0.05, 0.1) is 5.41 Å². The molecule has 0 aromatic heterocycles. The van der Waals surface area contributed by atoms with Crippen LogP contribution in [-0.2, 0) is 16.7 Å². The van der Waals surface area contributed by atoms with Gasteiger partial charge in [-0.15, -0.1) is 0 Å². The number of halogens is 6. The van der Waals surface area contributed by atoms with E-state index < -0.39 is 47.4 Å². The van der Waals surface area contributed by atoms with Crippen LogP contribution in [0, 0.1) is 17.2 Å². The number of fused-ring (bicyclic) bond motifs is 1. The molecule has 0 saturated heterocycles. The van der Waals surface area contributed by atoms with E-state index in [1.807, 2.05) is 0 Å². The van der Waals surface area contributed by atoms with Crippen LogP contribution >= 0.6 is 0 Å². The molecule has 9 heteroatoms. The molecule has 3 atom stereocenters. The first-order valence-electron chi connectivity index (χ1n) is 8.75. The lowest BCUT2D eigenvalue weighted by atomic mass is 9.83. The maximum Gasteiger partial charge on any atom is 0.394 e. The zero-order valence-electron chi connectivity index (χ0n) is 14.2. The highest BCUT2D eigenvalue weighted by Gasteiger charge is 2.64. The topological polar surface area (TPSA) is 47.6 Å². The fourth-order valence-corrected chi connectivity index (χ4v) is 4.04. The van der Waals surface area contributed by atoms with Gasteiger partial charge in [0.1, 0.15) is 11.9 Å². The van der Waals surface area contributed by atoms with Gasteiger partial charge < -0.3 is 10.5 Å². The SMILES string of the molecule is NC1=N[C@@](c2cc(CCC3(C(F)(F)F)CC3)ccc2F)(C(F)F)[C@H]2C[C@H]2O1. The smallest absolute Gasteiger partial charge is 0.394 e. The number of aryl methyl sites for hydroxylation is 1. The molecule has 1 aromatic rings. The van der Waals surface area contributed by atoms with Crippen LogP contribution < -0.4 is 5.73 Å². The van der Waals surface area contributed by atoms with Gasteiger partial charge in [0, 0.05) is 11.5 Å². The summed E-state index contributed by atoms with van der Waals surface area (Å²) in [5, 5.41) is 0. The lowest BCUT2D eigenvalue weighted by molar-refractivity contribution is -0.188. The van der Waals surface area contributed by atoms with E-state index in [1.165, 1.54) is 12.1 Å². The fourth-order valence-electron chi connectivity index (χ4n) is 4.04. The van der Waals surface area contributed by atoms with Crippen molar-refractivity contribution in [1.29, 1.82) is 0 Å². The molecule has 0 unspecified atom stereocenters. The summed E-state index contributed by atoms with van der Waals surface area (Å²) in [6.07, 6.45) is -7.58. The molecule has 2 N–H and O–H groups in total. The number of alkyl halides is 5. The van der Waals surface area contributed by atoms with Crippen molar-refractivity contribution < 1.29 is 31.1 Å². The van der Waals surface area contributed by atoms with Crippen molar-refractivity contribution in [1.82, 2.24) is 0 Å². The van der Waals surface area contributed by atoms with Gasteiger partial charge >= 0.3 is 6.18 Å². The Hall–Kier alpha value is -1.93. The van der Waals surface area contributed by atoms with E-state index in [4.69, 9.17) is 10.5 Å². The standard InChI is InChI=1S/C18H18F6N2O/c19-12-2-1-9(3-4-16(5-6-16)18(22,23)24)7-10(12)17(14(20)21)11-8-13(11)27-15(25)26-17/h1-2,7,11,13-14H,3-6,8H2,(H2,25,26)/t11-,13+,17+/m0/s1. The van der Waals surface area contributed by atoms with Gasteiger partial charge in [0.25, 0.3) is 12.4 Å². The van der Waals surface area contributed by atoms with Crippen molar-refractivity contribution in [3.63, 3.8) is 0 Å². The number of amidine groups is 1. The van der Waals surface area contributed by atoms with Gasteiger partial charge in [-0.05, 0) is 43.7 Å². The molecule has 0 radical (unpaired) electrons. The zero-order valence-corrected chi connectivity index (χ0v) is 14.2. The van der Waals surface area contributed by atoms with E-state index in [0.29, 0.717) is 5.56 Å². The van der Waals surface area contributed by atoms with Gasteiger partial charge in [-0.1, -0.05) is 12.1 Å². The molecule has 0 amide bonds. The Labute approximate surface area is 151 Å². The minimum Gasteiger partial charge on any atom is -0.462 e. The summed E-state index contributed by atoms with van der Waals surface area (Å²) in [7, 11) is 0. The number of hydrogen-bond donors (Lipinski definition) is 1. The predicted octanol–water partition coefficient (Wildman–Crippen LogP) is 4.29. The van der Waals surface area contributed by atoms with Crippen molar-refractivity contribution in [3.05, 3.63) is 35.1 Å². The molecule has 2 fully saturated rings. The average molecular weight is 392 g/mol. The molecular formula is C18H18F6N2O. The number of nitrogens with zero attached hydrogens (tertiary/aromatic N) is 1. The third-order valence-corrected chi connectivity index (χ3v) is 6.01. The third kappa shape index (κ3) is 2.86. The average Bonchev–Trinajstić information content (AvgIpc) is 3.46. The molecule has 1 aliphatic heterocycles. The molecule has 3 nitrogen and oxygen atoms in total. The van der Waals surface area contributed by atoms with Crippen LogP contribution in [0.2, 0.25) is 0 Å². The number of benzene rings is 1. The summed E-state index contributed by atoms with van der Waals surface area (Å²) in [6, 6.07) is 3.14. The van der Waals surface area contributed by atoms with Crippen molar-refractivity contribution >= 4 is 6.02 Å². The van der Waals surface area contributed by atoms with Crippen LogP contribution in [0.3, 0.4) is 0 Å². The normalized spacial score (nSPS) is 31.1. The molecule has 2 aliphatic carbocycles. The molecule has 148 valence electrons. The van der Waals surface area contributed by atoms with Crippen LogP contribution in [-0.4, -0.2) is 24.7 Å². The van der Waals surface area contributed by atoms with Crippen LogP contribution in [0.1, 0.15) is 36.8 Å². The summed E-state index contributed by atoms with van der Waals surface area (Å²) >= 11 is 0.